The molecule has 0 bridgehead atoms. The molecule has 35 heavy (non-hydrogen) atoms. The fraction of sp³-hybridized carbons (Fsp3) is 0.0833. The number of hydrogen-bond acceptors (Lipinski definition) is 8. The molecule has 2 aromatic heterocycles. The van der Waals surface area contributed by atoms with Crippen molar-refractivity contribution in [3.63, 3.8) is 0 Å². The monoisotopic (exact) mass is 521 g/mol. The predicted octanol–water partition coefficient (Wildman–Crippen LogP) is 6.43. The summed E-state index contributed by atoms with van der Waals surface area (Å²) in [5.41, 5.74) is 3.15. The maximum Gasteiger partial charge on any atom is 0.270 e. The Morgan fingerprint density at radius 3 is 2.66 bits per heavy atom. The van der Waals surface area contributed by atoms with Crippen LogP contribution in [0.3, 0.4) is 0 Å². The Morgan fingerprint density at radius 1 is 1.11 bits per heavy atom. The van der Waals surface area contributed by atoms with Crippen molar-refractivity contribution in [3.8, 4) is 28.6 Å². The number of pyridine rings is 1. The molecular formula is C24H16ClN5O3S2. The van der Waals surface area contributed by atoms with Crippen molar-refractivity contribution in [2.24, 2.45) is 0 Å². The molecule has 4 aromatic rings. The molecule has 0 fully saturated rings. The standard InChI is InChI=1S/C24H16ClN5O3S2/c25-18-7-4-15(5-8-18)20-9-6-17(13-26)23(27-20)34-11-10-22(31)29-24-28-21(14-35-24)16-2-1-3-19(12-16)30(32)33/h1-9,12,14H,10-11H2,(H,28,29,31). The molecule has 0 aliphatic heterocycles. The third-order valence-corrected chi connectivity index (χ3v) is 6.79. The zero-order chi connectivity index (χ0) is 24.8. The number of halogens is 1. The largest absolute Gasteiger partial charge is 0.302 e. The van der Waals surface area contributed by atoms with Crippen LogP contribution in [0, 0.1) is 21.4 Å². The van der Waals surface area contributed by atoms with Crippen molar-refractivity contribution in [2.75, 3.05) is 11.1 Å². The van der Waals surface area contributed by atoms with E-state index in [2.05, 4.69) is 21.4 Å². The number of thiazole rings is 1. The number of nitro groups is 1. The lowest BCUT2D eigenvalue weighted by atomic mass is 10.1. The summed E-state index contributed by atoms with van der Waals surface area (Å²) in [4.78, 5) is 31.9. The van der Waals surface area contributed by atoms with Crippen LogP contribution in [0.5, 0.6) is 0 Å². The van der Waals surface area contributed by atoms with Gasteiger partial charge in [-0.05, 0) is 24.3 Å². The van der Waals surface area contributed by atoms with Gasteiger partial charge in [-0.25, -0.2) is 9.97 Å². The lowest BCUT2D eigenvalue weighted by Crippen LogP contribution is -2.12. The average molecular weight is 522 g/mol. The molecule has 2 heterocycles. The molecule has 1 N–H and O–H groups in total. The van der Waals surface area contributed by atoms with Gasteiger partial charge < -0.3 is 5.32 Å². The number of hydrogen-bond donors (Lipinski definition) is 1. The number of non-ortho nitro benzene ring substituents is 1. The summed E-state index contributed by atoms with van der Waals surface area (Å²) in [6.45, 7) is 0. The molecule has 0 aliphatic carbocycles. The smallest absolute Gasteiger partial charge is 0.270 e. The number of carbonyl (C=O) groups excluding carboxylic acids is 1. The zero-order valence-electron chi connectivity index (χ0n) is 18.0. The molecule has 0 unspecified atom stereocenters. The van der Waals surface area contributed by atoms with Crippen LogP contribution in [0.4, 0.5) is 10.8 Å². The number of amides is 1. The Morgan fingerprint density at radius 2 is 1.91 bits per heavy atom. The molecule has 2 aromatic carbocycles. The summed E-state index contributed by atoms with van der Waals surface area (Å²) in [5.74, 6) is 0.186. The first-order valence-electron chi connectivity index (χ1n) is 10.2. The van der Waals surface area contributed by atoms with E-state index in [9.17, 15) is 20.2 Å². The molecule has 1 amide bonds. The maximum atomic E-state index is 12.4. The van der Waals surface area contributed by atoms with Crippen molar-refractivity contribution in [1.29, 1.82) is 5.26 Å². The topological polar surface area (TPSA) is 122 Å². The lowest BCUT2D eigenvalue weighted by molar-refractivity contribution is -0.384. The number of thioether (sulfide) groups is 1. The fourth-order valence-corrected chi connectivity index (χ4v) is 4.86. The van der Waals surface area contributed by atoms with Crippen molar-refractivity contribution in [3.05, 3.63) is 86.7 Å². The summed E-state index contributed by atoms with van der Waals surface area (Å²) in [7, 11) is 0. The quantitative estimate of drug-likeness (QED) is 0.161. The summed E-state index contributed by atoms with van der Waals surface area (Å²) in [5, 5.41) is 26.5. The fourth-order valence-electron chi connectivity index (χ4n) is 3.08. The molecule has 0 atom stereocenters. The molecule has 0 spiro atoms. The average Bonchev–Trinajstić information content (AvgIpc) is 3.33. The van der Waals surface area contributed by atoms with Gasteiger partial charge in [0.25, 0.3) is 5.69 Å². The second-order valence-electron chi connectivity index (χ2n) is 7.16. The van der Waals surface area contributed by atoms with Crippen molar-refractivity contribution in [2.45, 2.75) is 11.4 Å². The van der Waals surface area contributed by atoms with Gasteiger partial charge in [0, 0.05) is 45.8 Å². The van der Waals surface area contributed by atoms with Crippen molar-refractivity contribution in [1.82, 2.24) is 9.97 Å². The van der Waals surface area contributed by atoms with E-state index in [0.717, 1.165) is 5.56 Å². The van der Waals surface area contributed by atoms with Gasteiger partial charge in [0.1, 0.15) is 11.1 Å². The number of nitro benzene ring substituents is 1. The minimum absolute atomic E-state index is 0.0245. The Hall–Kier alpha value is -3.78. The highest BCUT2D eigenvalue weighted by Gasteiger charge is 2.13. The van der Waals surface area contributed by atoms with Gasteiger partial charge >= 0.3 is 0 Å². The Labute approximate surface area is 213 Å². The number of nitrogens with one attached hydrogen (secondary N) is 1. The number of nitriles is 1. The molecule has 0 radical (unpaired) electrons. The minimum Gasteiger partial charge on any atom is -0.302 e. The number of rotatable bonds is 8. The zero-order valence-corrected chi connectivity index (χ0v) is 20.4. The van der Waals surface area contributed by atoms with Crippen LogP contribution in [0.25, 0.3) is 22.5 Å². The Bertz CT molecular complexity index is 1430. The Balaban J connectivity index is 1.36. The van der Waals surface area contributed by atoms with E-state index in [1.165, 1.54) is 35.2 Å². The molecule has 4 rings (SSSR count). The van der Waals surface area contributed by atoms with Crippen LogP contribution < -0.4 is 5.32 Å². The van der Waals surface area contributed by atoms with Crippen LogP contribution in [-0.2, 0) is 4.79 Å². The first-order chi connectivity index (χ1) is 16.9. The van der Waals surface area contributed by atoms with Crippen LogP contribution in [-0.4, -0.2) is 26.6 Å². The van der Waals surface area contributed by atoms with Crippen LogP contribution >= 0.6 is 34.7 Å². The second-order valence-corrected chi connectivity index (χ2v) is 9.54. The molecule has 0 saturated heterocycles. The SMILES string of the molecule is N#Cc1ccc(-c2ccc(Cl)cc2)nc1SCCC(=O)Nc1nc(-c2cccc([N+](=O)[O-])c2)cs1. The van der Waals surface area contributed by atoms with E-state index in [1.54, 1.807) is 41.8 Å². The molecule has 174 valence electrons. The van der Waals surface area contributed by atoms with Gasteiger partial charge in [-0.1, -0.05) is 35.9 Å². The third kappa shape index (κ3) is 6.22. The summed E-state index contributed by atoms with van der Waals surface area (Å²) >= 11 is 8.52. The number of aromatic nitrogens is 2. The van der Waals surface area contributed by atoms with E-state index in [4.69, 9.17) is 11.6 Å². The van der Waals surface area contributed by atoms with Gasteiger partial charge in [0.2, 0.25) is 5.91 Å². The van der Waals surface area contributed by atoms with Crippen LogP contribution in [0.15, 0.2) is 71.1 Å². The number of carbonyl (C=O) groups is 1. The number of benzene rings is 2. The normalized spacial score (nSPS) is 10.5. The number of anilines is 1. The van der Waals surface area contributed by atoms with Crippen LogP contribution in [0.1, 0.15) is 12.0 Å². The Kier molecular flexibility index (Phi) is 7.72. The van der Waals surface area contributed by atoms with E-state index in [0.29, 0.717) is 43.4 Å². The highest BCUT2D eigenvalue weighted by Crippen LogP contribution is 2.29. The molecular weight excluding hydrogens is 506 g/mol. The van der Waals surface area contributed by atoms with E-state index >= 15 is 0 Å². The highest BCUT2D eigenvalue weighted by atomic mass is 35.5. The molecule has 0 aliphatic rings. The van der Waals surface area contributed by atoms with E-state index < -0.39 is 4.92 Å². The molecule has 0 saturated carbocycles. The summed E-state index contributed by atoms with van der Waals surface area (Å²) < 4.78 is 0. The predicted molar refractivity (Wildman–Crippen MR) is 138 cm³/mol. The van der Waals surface area contributed by atoms with Gasteiger partial charge in [-0.15, -0.1) is 23.1 Å². The van der Waals surface area contributed by atoms with Gasteiger partial charge in [0.05, 0.1) is 21.9 Å². The molecule has 11 heteroatoms. The van der Waals surface area contributed by atoms with E-state index in [1.807, 2.05) is 12.1 Å². The third-order valence-electron chi connectivity index (χ3n) is 4.79. The van der Waals surface area contributed by atoms with Crippen LogP contribution in [0.2, 0.25) is 5.02 Å². The minimum atomic E-state index is -0.464. The van der Waals surface area contributed by atoms with Crippen molar-refractivity contribution >= 4 is 51.4 Å². The lowest BCUT2D eigenvalue weighted by Gasteiger charge is -2.07. The highest BCUT2D eigenvalue weighted by molar-refractivity contribution is 7.99. The van der Waals surface area contributed by atoms with Crippen molar-refractivity contribution < 1.29 is 9.72 Å². The molecule has 8 nitrogen and oxygen atoms in total. The first-order valence-corrected chi connectivity index (χ1v) is 12.5. The number of nitrogens with zero attached hydrogens (tertiary/aromatic N) is 4. The first kappa shape index (κ1) is 24.3. The van der Waals surface area contributed by atoms with Gasteiger partial charge in [-0.3, -0.25) is 14.9 Å². The summed E-state index contributed by atoms with van der Waals surface area (Å²) in [6.07, 6.45) is 0.189. The maximum absolute atomic E-state index is 12.4. The second kappa shape index (κ2) is 11.1. The summed E-state index contributed by atoms with van der Waals surface area (Å²) in [6, 6.07) is 19.1. The van der Waals surface area contributed by atoms with Gasteiger partial charge in [-0.2, -0.15) is 5.26 Å². The van der Waals surface area contributed by atoms with E-state index in [-0.39, 0.29) is 18.0 Å². The van der Waals surface area contributed by atoms with Gasteiger partial charge in [0.15, 0.2) is 5.13 Å².